The van der Waals surface area contributed by atoms with E-state index in [-0.39, 0.29) is 17.8 Å². The third-order valence-corrected chi connectivity index (χ3v) is 5.01. The molecule has 0 N–H and O–H groups in total. The van der Waals surface area contributed by atoms with Crippen molar-refractivity contribution < 1.29 is 9.53 Å². The fourth-order valence-corrected chi connectivity index (χ4v) is 3.95. The zero-order chi connectivity index (χ0) is 14.7. The van der Waals surface area contributed by atoms with Crippen LogP contribution < -0.4 is 0 Å². The van der Waals surface area contributed by atoms with Gasteiger partial charge in [0.1, 0.15) is 6.10 Å². The summed E-state index contributed by atoms with van der Waals surface area (Å²) < 4.78 is 5.89. The van der Waals surface area contributed by atoms with E-state index >= 15 is 0 Å². The Labute approximate surface area is 127 Å². The van der Waals surface area contributed by atoms with Crippen LogP contribution in [0.25, 0.3) is 0 Å². The highest BCUT2D eigenvalue weighted by atomic mass is 16.5. The van der Waals surface area contributed by atoms with Crippen molar-refractivity contribution in [3.8, 4) is 0 Å². The van der Waals surface area contributed by atoms with E-state index in [2.05, 4.69) is 11.1 Å². The van der Waals surface area contributed by atoms with E-state index in [1.54, 1.807) is 6.20 Å². The van der Waals surface area contributed by atoms with E-state index < -0.39 is 0 Å². The normalized spacial score (nSPS) is 23.8. The summed E-state index contributed by atoms with van der Waals surface area (Å²) in [7, 11) is 0. The van der Waals surface area contributed by atoms with Crippen LogP contribution in [-0.4, -0.2) is 23.5 Å². The topological polar surface area (TPSA) is 39.2 Å². The van der Waals surface area contributed by atoms with E-state index in [9.17, 15) is 4.79 Å². The van der Waals surface area contributed by atoms with Crippen LogP contribution in [0.1, 0.15) is 62.6 Å². The van der Waals surface area contributed by atoms with Gasteiger partial charge >= 0.3 is 0 Å². The number of pyridine rings is 1. The Kier molecular flexibility index (Phi) is 4.69. The summed E-state index contributed by atoms with van der Waals surface area (Å²) in [5.74, 6) is 0.653. The Morgan fingerprint density at radius 1 is 1.33 bits per heavy atom. The minimum absolute atomic E-state index is 0.0420. The number of carbonyl (C=O) groups is 1. The molecule has 0 bridgehead atoms. The number of aryl methyl sites for hydroxylation is 1. The Bertz CT molecular complexity index is 494. The fraction of sp³-hybridized carbons (Fsp3) is 0.667. The third kappa shape index (κ3) is 3.03. The van der Waals surface area contributed by atoms with Gasteiger partial charge < -0.3 is 4.74 Å². The lowest BCUT2D eigenvalue weighted by atomic mass is 9.80. The number of Topliss-reactive ketones (excluding diaryl/α,β-unsaturated/α-hetero) is 1. The molecule has 2 aliphatic rings. The van der Waals surface area contributed by atoms with Crippen molar-refractivity contribution in [2.45, 2.75) is 63.9 Å². The number of fused-ring (bicyclic) bond motifs is 1. The van der Waals surface area contributed by atoms with Crippen LogP contribution in [0.3, 0.4) is 0 Å². The first kappa shape index (κ1) is 14.7. The molecular weight excluding hydrogens is 262 g/mol. The lowest BCUT2D eigenvalue weighted by Gasteiger charge is -2.30. The molecule has 3 heteroatoms. The molecule has 1 saturated carbocycles. The van der Waals surface area contributed by atoms with Crippen molar-refractivity contribution in [1.82, 2.24) is 4.98 Å². The van der Waals surface area contributed by atoms with Crippen molar-refractivity contribution in [2.75, 3.05) is 6.61 Å². The Hall–Kier alpha value is -1.22. The largest absolute Gasteiger partial charge is 0.370 e. The van der Waals surface area contributed by atoms with Gasteiger partial charge in [0.25, 0.3) is 0 Å². The summed E-state index contributed by atoms with van der Waals surface area (Å²) >= 11 is 0. The second-order valence-electron chi connectivity index (χ2n) is 6.32. The predicted octanol–water partition coefficient (Wildman–Crippen LogP) is 3.67. The maximum atomic E-state index is 13.0. The van der Waals surface area contributed by atoms with Crippen LogP contribution in [0.15, 0.2) is 18.3 Å². The number of ketones is 1. The molecule has 114 valence electrons. The number of hydrogen-bond acceptors (Lipinski definition) is 3. The second-order valence-corrected chi connectivity index (χ2v) is 6.32. The van der Waals surface area contributed by atoms with E-state index in [0.717, 1.165) is 31.4 Å². The molecule has 0 amide bonds. The van der Waals surface area contributed by atoms with E-state index in [4.69, 9.17) is 4.74 Å². The van der Waals surface area contributed by atoms with Crippen LogP contribution in [-0.2, 0) is 16.0 Å². The Balaban J connectivity index is 1.78. The Morgan fingerprint density at radius 3 is 2.90 bits per heavy atom. The number of carbonyl (C=O) groups excluding carboxylic acids is 1. The van der Waals surface area contributed by atoms with Gasteiger partial charge in [0, 0.05) is 12.8 Å². The molecule has 1 aromatic rings. The Morgan fingerprint density at radius 2 is 2.14 bits per heavy atom. The van der Waals surface area contributed by atoms with Gasteiger partial charge in [-0.2, -0.15) is 0 Å². The van der Waals surface area contributed by atoms with E-state index in [1.807, 2.05) is 13.0 Å². The number of ether oxygens (including phenoxy) is 1. The average Bonchev–Trinajstić information content (AvgIpc) is 2.97. The van der Waals surface area contributed by atoms with Crippen molar-refractivity contribution >= 4 is 5.78 Å². The van der Waals surface area contributed by atoms with Crippen molar-refractivity contribution in [1.29, 1.82) is 0 Å². The molecule has 1 heterocycles. The molecule has 0 aliphatic heterocycles. The average molecular weight is 287 g/mol. The minimum atomic E-state index is -0.215. The van der Waals surface area contributed by atoms with Crippen molar-refractivity contribution in [3.63, 3.8) is 0 Å². The highest BCUT2D eigenvalue weighted by molar-refractivity contribution is 5.90. The smallest absolute Gasteiger partial charge is 0.170 e. The molecule has 21 heavy (non-hydrogen) atoms. The van der Waals surface area contributed by atoms with Crippen molar-refractivity contribution in [2.24, 2.45) is 5.92 Å². The molecule has 0 spiro atoms. The summed E-state index contributed by atoms with van der Waals surface area (Å²) in [5, 5.41) is 0. The molecule has 0 saturated heterocycles. The molecule has 1 aromatic heterocycles. The molecule has 0 aromatic carbocycles. The predicted molar refractivity (Wildman–Crippen MR) is 82.3 cm³/mol. The van der Waals surface area contributed by atoms with Gasteiger partial charge in [-0.15, -0.1) is 0 Å². The summed E-state index contributed by atoms with van der Waals surface area (Å²) in [4.78, 5) is 17.5. The van der Waals surface area contributed by atoms with Gasteiger partial charge in [-0.3, -0.25) is 9.78 Å². The van der Waals surface area contributed by atoms with Crippen LogP contribution in [0, 0.1) is 5.92 Å². The fourth-order valence-electron chi connectivity index (χ4n) is 3.95. The van der Waals surface area contributed by atoms with Crippen LogP contribution in [0.5, 0.6) is 0 Å². The zero-order valence-electron chi connectivity index (χ0n) is 12.9. The maximum absolute atomic E-state index is 13.0. The van der Waals surface area contributed by atoms with E-state index in [1.165, 1.54) is 24.8 Å². The monoisotopic (exact) mass is 287 g/mol. The second kappa shape index (κ2) is 6.69. The molecule has 2 unspecified atom stereocenters. The molecule has 2 atom stereocenters. The summed E-state index contributed by atoms with van der Waals surface area (Å²) in [6.07, 6.45) is 9.52. The lowest BCUT2D eigenvalue weighted by molar-refractivity contribution is -0.136. The molecule has 1 fully saturated rings. The zero-order valence-corrected chi connectivity index (χ0v) is 12.9. The third-order valence-electron chi connectivity index (χ3n) is 5.01. The minimum Gasteiger partial charge on any atom is -0.370 e. The molecular formula is C18H25NO2. The number of rotatable bonds is 5. The summed E-state index contributed by atoms with van der Waals surface area (Å²) in [6, 6.07) is 4.07. The van der Waals surface area contributed by atoms with Crippen LogP contribution >= 0.6 is 0 Å². The molecule has 2 aliphatic carbocycles. The number of hydrogen-bond donors (Lipinski definition) is 0. The van der Waals surface area contributed by atoms with Gasteiger partial charge in [-0.05, 0) is 50.2 Å². The van der Waals surface area contributed by atoms with Gasteiger partial charge in [0.05, 0.1) is 11.6 Å². The molecule has 3 nitrogen and oxygen atoms in total. The quantitative estimate of drug-likeness (QED) is 0.829. The standard InChI is InChI=1S/C18H25NO2/c1-2-21-18(14-7-4-3-5-8-14)17(20)15-11-10-13-9-6-12-19-16(13)15/h6,9,12,14-15,18H,2-5,7-8,10-11H2,1H3. The van der Waals surface area contributed by atoms with Crippen molar-refractivity contribution in [3.05, 3.63) is 29.6 Å². The van der Waals surface area contributed by atoms with Crippen LogP contribution in [0.4, 0.5) is 0 Å². The van der Waals surface area contributed by atoms with Gasteiger partial charge in [-0.25, -0.2) is 0 Å². The van der Waals surface area contributed by atoms with E-state index in [0.29, 0.717) is 12.5 Å². The summed E-state index contributed by atoms with van der Waals surface area (Å²) in [6.45, 7) is 2.61. The van der Waals surface area contributed by atoms with Gasteiger partial charge in [-0.1, -0.05) is 25.3 Å². The van der Waals surface area contributed by atoms with Gasteiger partial charge in [0.2, 0.25) is 0 Å². The van der Waals surface area contributed by atoms with Crippen LogP contribution in [0.2, 0.25) is 0 Å². The highest BCUT2D eigenvalue weighted by Gasteiger charge is 2.38. The SMILES string of the molecule is CCOC(C(=O)C1CCc2cccnc21)C1CCCCC1. The number of nitrogens with zero attached hydrogens (tertiary/aromatic N) is 1. The first-order valence-corrected chi connectivity index (χ1v) is 8.40. The highest BCUT2D eigenvalue weighted by Crippen LogP contribution is 2.36. The lowest BCUT2D eigenvalue weighted by Crippen LogP contribution is -2.37. The first-order valence-electron chi connectivity index (χ1n) is 8.40. The summed E-state index contributed by atoms with van der Waals surface area (Å²) in [5.41, 5.74) is 2.25. The van der Waals surface area contributed by atoms with Gasteiger partial charge in [0.15, 0.2) is 5.78 Å². The first-order chi connectivity index (χ1) is 10.3. The molecule has 3 rings (SSSR count). The maximum Gasteiger partial charge on any atom is 0.170 e. The molecule has 0 radical (unpaired) electrons. The number of aromatic nitrogens is 1.